The lowest BCUT2D eigenvalue weighted by Gasteiger charge is -2.28. The van der Waals surface area contributed by atoms with Crippen LogP contribution >= 0.6 is 11.6 Å². The van der Waals surface area contributed by atoms with Crippen molar-refractivity contribution in [1.82, 2.24) is 5.32 Å². The smallest absolute Gasteiger partial charge is 0.224 e. The second kappa shape index (κ2) is 8.39. The molecule has 0 aromatic heterocycles. The number of anilines is 1. The van der Waals surface area contributed by atoms with Gasteiger partial charge in [0.2, 0.25) is 5.91 Å². The fourth-order valence-electron chi connectivity index (χ4n) is 2.89. The molecule has 1 saturated heterocycles. The van der Waals surface area contributed by atoms with Crippen LogP contribution in [0.2, 0.25) is 5.02 Å². The number of ether oxygens (including phenoxy) is 1. The van der Waals surface area contributed by atoms with Gasteiger partial charge in [-0.25, -0.2) is 0 Å². The van der Waals surface area contributed by atoms with E-state index in [0.29, 0.717) is 41.3 Å². The van der Waals surface area contributed by atoms with Crippen molar-refractivity contribution in [2.75, 3.05) is 25.0 Å². The summed E-state index contributed by atoms with van der Waals surface area (Å²) in [5, 5.41) is 6.84. The van der Waals surface area contributed by atoms with Gasteiger partial charge in [0.25, 0.3) is 0 Å². The Hall–Kier alpha value is -1.26. The summed E-state index contributed by atoms with van der Waals surface area (Å²) < 4.78 is 5.39. The van der Waals surface area contributed by atoms with Crippen LogP contribution in [-0.4, -0.2) is 25.6 Å². The SMILES string of the molecule is CCOc1ccc(NC(=O)CC(C)C2CCCNC2)cc1Cl. The normalized spacial score (nSPS) is 19.5. The van der Waals surface area contributed by atoms with Gasteiger partial charge in [-0.15, -0.1) is 0 Å². The minimum atomic E-state index is 0.0401. The van der Waals surface area contributed by atoms with Crippen molar-refractivity contribution in [2.45, 2.75) is 33.1 Å². The first-order valence-electron chi connectivity index (χ1n) is 8.03. The standard InChI is InChI=1S/C17H25ClN2O2/c1-3-22-16-7-6-14(10-15(16)18)20-17(21)9-12(2)13-5-4-8-19-11-13/h6-7,10,12-13,19H,3-5,8-9,11H2,1-2H3,(H,20,21). The van der Waals surface area contributed by atoms with Gasteiger partial charge in [-0.3, -0.25) is 4.79 Å². The third-order valence-corrected chi connectivity index (χ3v) is 4.46. The monoisotopic (exact) mass is 324 g/mol. The fraction of sp³-hybridized carbons (Fsp3) is 0.588. The van der Waals surface area contributed by atoms with Gasteiger partial charge in [-0.05, 0) is 62.9 Å². The molecule has 1 fully saturated rings. The summed E-state index contributed by atoms with van der Waals surface area (Å²) in [6.45, 7) is 6.75. The highest BCUT2D eigenvalue weighted by Crippen LogP contribution is 2.28. The van der Waals surface area contributed by atoms with E-state index in [1.54, 1.807) is 12.1 Å². The first-order valence-corrected chi connectivity index (χ1v) is 8.41. The quantitative estimate of drug-likeness (QED) is 0.838. The van der Waals surface area contributed by atoms with E-state index in [-0.39, 0.29) is 5.91 Å². The third kappa shape index (κ3) is 4.89. The highest BCUT2D eigenvalue weighted by atomic mass is 35.5. The molecule has 1 aromatic rings. The Morgan fingerprint density at radius 1 is 1.55 bits per heavy atom. The van der Waals surface area contributed by atoms with Crippen LogP contribution in [0.4, 0.5) is 5.69 Å². The summed E-state index contributed by atoms with van der Waals surface area (Å²) in [5.41, 5.74) is 0.715. The minimum Gasteiger partial charge on any atom is -0.492 e. The Morgan fingerprint density at radius 2 is 2.36 bits per heavy atom. The summed E-state index contributed by atoms with van der Waals surface area (Å²) in [7, 11) is 0. The lowest BCUT2D eigenvalue weighted by Crippen LogP contribution is -2.34. The molecule has 22 heavy (non-hydrogen) atoms. The predicted octanol–water partition coefficient (Wildman–Crippen LogP) is 3.70. The van der Waals surface area contributed by atoms with E-state index < -0.39 is 0 Å². The number of carbonyl (C=O) groups excluding carboxylic acids is 1. The fourth-order valence-corrected chi connectivity index (χ4v) is 3.12. The van der Waals surface area contributed by atoms with E-state index in [1.807, 2.05) is 13.0 Å². The van der Waals surface area contributed by atoms with Crippen molar-refractivity contribution >= 4 is 23.2 Å². The maximum atomic E-state index is 12.2. The molecule has 2 N–H and O–H groups in total. The first-order chi connectivity index (χ1) is 10.6. The zero-order valence-corrected chi connectivity index (χ0v) is 14.1. The van der Waals surface area contributed by atoms with Crippen LogP contribution in [0.3, 0.4) is 0 Å². The van der Waals surface area contributed by atoms with Gasteiger partial charge in [-0.2, -0.15) is 0 Å². The number of rotatable bonds is 6. The van der Waals surface area contributed by atoms with Gasteiger partial charge in [0.1, 0.15) is 5.75 Å². The number of carbonyl (C=O) groups is 1. The van der Waals surface area contributed by atoms with E-state index in [4.69, 9.17) is 16.3 Å². The van der Waals surface area contributed by atoms with Gasteiger partial charge in [0, 0.05) is 12.1 Å². The molecule has 1 aliphatic rings. The molecule has 1 amide bonds. The van der Waals surface area contributed by atoms with Crippen LogP contribution in [0.5, 0.6) is 5.75 Å². The zero-order chi connectivity index (χ0) is 15.9. The number of amides is 1. The van der Waals surface area contributed by atoms with Crippen molar-refractivity contribution in [1.29, 1.82) is 0 Å². The molecule has 0 saturated carbocycles. The third-order valence-electron chi connectivity index (χ3n) is 4.16. The number of nitrogens with one attached hydrogen (secondary N) is 2. The molecule has 1 aliphatic heterocycles. The highest BCUT2D eigenvalue weighted by Gasteiger charge is 2.22. The Morgan fingerprint density at radius 3 is 3.00 bits per heavy atom. The molecule has 2 rings (SSSR count). The van der Waals surface area contributed by atoms with Gasteiger partial charge in [0.05, 0.1) is 11.6 Å². The van der Waals surface area contributed by atoms with Crippen LogP contribution < -0.4 is 15.4 Å². The second-order valence-electron chi connectivity index (χ2n) is 5.91. The van der Waals surface area contributed by atoms with Crippen molar-refractivity contribution < 1.29 is 9.53 Å². The molecule has 2 atom stereocenters. The van der Waals surface area contributed by atoms with E-state index in [9.17, 15) is 4.79 Å². The number of hydrogen-bond donors (Lipinski definition) is 2. The highest BCUT2D eigenvalue weighted by molar-refractivity contribution is 6.32. The topological polar surface area (TPSA) is 50.4 Å². The van der Waals surface area contributed by atoms with Crippen molar-refractivity contribution in [3.63, 3.8) is 0 Å². The number of piperidine rings is 1. The molecule has 5 heteroatoms. The van der Waals surface area contributed by atoms with Gasteiger partial charge in [-0.1, -0.05) is 18.5 Å². The largest absolute Gasteiger partial charge is 0.492 e. The molecule has 0 bridgehead atoms. The lowest BCUT2D eigenvalue weighted by molar-refractivity contribution is -0.117. The van der Waals surface area contributed by atoms with Gasteiger partial charge >= 0.3 is 0 Å². The molecule has 1 aromatic carbocycles. The summed E-state index contributed by atoms with van der Waals surface area (Å²) in [4.78, 5) is 12.2. The molecule has 4 nitrogen and oxygen atoms in total. The molecule has 1 heterocycles. The first kappa shape index (κ1) is 17.1. The molecule has 0 spiro atoms. The number of halogens is 1. The molecular formula is C17H25ClN2O2. The summed E-state index contributed by atoms with van der Waals surface area (Å²) in [6, 6.07) is 5.34. The lowest BCUT2D eigenvalue weighted by atomic mass is 9.85. The average molecular weight is 325 g/mol. The van der Waals surface area contributed by atoms with Gasteiger partial charge in [0.15, 0.2) is 0 Å². The molecular weight excluding hydrogens is 300 g/mol. The Balaban J connectivity index is 1.87. The van der Waals surface area contributed by atoms with Crippen LogP contribution in [0, 0.1) is 11.8 Å². The second-order valence-corrected chi connectivity index (χ2v) is 6.32. The predicted molar refractivity (Wildman–Crippen MR) is 90.6 cm³/mol. The van der Waals surface area contributed by atoms with Crippen molar-refractivity contribution in [2.24, 2.45) is 11.8 Å². The van der Waals surface area contributed by atoms with E-state index in [2.05, 4.69) is 17.6 Å². The Bertz CT molecular complexity index is 501. The summed E-state index contributed by atoms with van der Waals surface area (Å²) in [6.07, 6.45) is 2.94. The van der Waals surface area contributed by atoms with E-state index >= 15 is 0 Å². The maximum Gasteiger partial charge on any atom is 0.224 e. The summed E-state index contributed by atoms with van der Waals surface area (Å²) >= 11 is 6.13. The van der Waals surface area contributed by atoms with Crippen LogP contribution in [0.25, 0.3) is 0 Å². The van der Waals surface area contributed by atoms with Crippen LogP contribution in [-0.2, 0) is 4.79 Å². The number of hydrogen-bond acceptors (Lipinski definition) is 3. The molecule has 2 unspecified atom stereocenters. The zero-order valence-electron chi connectivity index (χ0n) is 13.3. The van der Waals surface area contributed by atoms with Crippen molar-refractivity contribution in [3.8, 4) is 5.75 Å². The van der Waals surface area contributed by atoms with Crippen LogP contribution in [0.15, 0.2) is 18.2 Å². The number of benzene rings is 1. The minimum absolute atomic E-state index is 0.0401. The van der Waals surface area contributed by atoms with Crippen LogP contribution in [0.1, 0.15) is 33.1 Å². The van der Waals surface area contributed by atoms with E-state index in [0.717, 1.165) is 13.1 Å². The summed E-state index contributed by atoms with van der Waals surface area (Å²) in [5.74, 6) is 1.65. The molecule has 0 aliphatic carbocycles. The maximum absolute atomic E-state index is 12.2. The molecule has 0 radical (unpaired) electrons. The van der Waals surface area contributed by atoms with Crippen molar-refractivity contribution in [3.05, 3.63) is 23.2 Å². The average Bonchev–Trinajstić information content (AvgIpc) is 2.51. The Kier molecular flexibility index (Phi) is 6.52. The Labute approximate surface area is 137 Å². The van der Waals surface area contributed by atoms with Gasteiger partial charge < -0.3 is 15.4 Å². The van der Waals surface area contributed by atoms with E-state index in [1.165, 1.54) is 12.8 Å². The molecule has 122 valence electrons.